The second kappa shape index (κ2) is 6.50. The predicted octanol–water partition coefficient (Wildman–Crippen LogP) is 2.41. The van der Waals surface area contributed by atoms with Crippen LogP contribution in [0.1, 0.15) is 27.9 Å². The maximum atomic E-state index is 12.2. The van der Waals surface area contributed by atoms with Crippen LogP contribution in [0.3, 0.4) is 0 Å². The molecule has 4 nitrogen and oxygen atoms in total. The molecule has 0 aliphatic carbocycles. The third-order valence-electron chi connectivity index (χ3n) is 3.73. The molecule has 21 heavy (non-hydrogen) atoms. The van der Waals surface area contributed by atoms with Gasteiger partial charge in [-0.3, -0.25) is 9.78 Å². The summed E-state index contributed by atoms with van der Waals surface area (Å²) in [5, 5.41) is 6.55. The number of aromatic nitrogens is 1. The molecule has 0 saturated heterocycles. The Bertz CT molecular complexity index is 625. The fourth-order valence-electron chi connectivity index (χ4n) is 2.57. The van der Waals surface area contributed by atoms with E-state index in [0.29, 0.717) is 13.1 Å². The van der Waals surface area contributed by atoms with Crippen molar-refractivity contribution < 1.29 is 4.79 Å². The fraction of sp³-hybridized carbons (Fsp3) is 0.294. The summed E-state index contributed by atoms with van der Waals surface area (Å²) in [5.41, 5.74) is 4.34. The topological polar surface area (TPSA) is 54.0 Å². The second-order valence-electron chi connectivity index (χ2n) is 5.28. The maximum absolute atomic E-state index is 12.2. The van der Waals surface area contributed by atoms with Crippen molar-refractivity contribution in [1.29, 1.82) is 0 Å². The number of hydrogen-bond donors (Lipinski definition) is 2. The van der Waals surface area contributed by atoms with E-state index < -0.39 is 0 Å². The molecule has 0 fully saturated rings. The van der Waals surface area contributed by atoms with Gasteiger partial charge in [0.2, 0.25) is 0 Å². The lowest BCUT2D eigenvalue weighted by Crippen LogP contribution is -2.23. The number of ketones is 1. The highest BCUT2D eigenvalue weighted by molar-refractivity contribution is 5.98. The van der Waals surface area contributed by atoms with E-state index in [1.54, 1.807) is 12.4 Å². The maximum Gasteiger partial charge on any atom is 0.176 e. The van der Waals surface area contributed by atoms with Crippen LogP contribution in [-0.4, -0.2) is 23.9 Å². The summed E-state index contributed by atoms with van der Waals surface area (Å²) in [7, 11) is 0. The number of nitrogens with one attached hydrogen (secondary N) is 2. The summed E-state index contributed by atoms with van der Waals surface area (Å²) in [6.07, 6.45) is 5.70. The number of hydrogen-bond acceptors (Lipinski definition) is 4. The quantitative estimate of drug-likeness (QED) is 0.826. The van der Waals surface area contributed by atoms with Crippen molar-refractivity contribution in [2.75, 3.05) is 18.4 Å². The molecular formula is C17H19N3O. The Hall–Kier alpha value is -2.20. The van der Waals surface area contributed by atoms with Gasteiger partial charge in [-0.05, 0) is 54.3 Å². The fourth-order valence-corrected chi connectivity index (χ4v) is 2.57. The number of nitrogens with zero attached hydrogens (tertiary/aromatic N) is 1. The Morgan fingerprint density at radius 1 is 1.24 bits per heavy atom. The minimum atomic E-state index is 0.137. The average Bonchev–Trinajstić information content (AvgIpc) is 2.55. The highest BCUT2D eigenvalue weighted by Crippen LogP contribution is 2.22. The molecule has 108 valence electrons. The molecule has 1 aliphatic rings. The number of carbonyl (C=O) groups is 1. The summed E-state index contributed by atoms with van der Waals surface area (Å²) in [5.74, 6) is 0.137. The zero-order valence-corrected chi connectivity index (χ0v) is 11.9. The lowest BCUT2D eigenvalue weighted by atomic mass is 9.99. The van der Waals surface area contributed by atoms with Gasteiger partial charge >= 0.3 is 0 Å². The van der Waals surface area contributed by atoms with Gasteiger partial charge in [0.25, 0.3) is 0 Å². The number of carbonyl (C=O) groups excluding carboxylic acids is 1. The summed E-state index contributed by atoms with van der Waals surface area (Å²) in [4.78, 5) is 16.2. The molecule has 0 saturated carbocycles. The molecule has 1 aromatic heterocycles. The van der Waals surface area contributed by atoms with Gasteiger partial charge in [0.1, 0.15) is 0 Å². The van der Waals surface area contributed by atoms with Crippen LogP contribution in [0.25, 0.3) is 0 Å². The average molecular weight is 281 g/mol. The normalized spacial score (nSPS) is 13.3. The van der Waals surface area contributed by atoms with Gasteiger partial charge in [0, 0.05) is 36.7 Å². The molecule has 0 unspecified atom stereocenters. The van der Waals surface area contributed by atoms with Crippen LogP contribution in [0, 0.1) is 0 Å². The van der Waals surface area contributed by atoms with Crippen molar-refractivity contribution in [2.24, 2.45) is 0 Å². The van der Waals surface area contributed by atoms with Crippen molar-refractivity contribution in [2.45, 2.75) is 19.4 Å². The third-order valence-corrected chi connectivity index (χ3v) is 3.73. The smallest absolute Gasteiger partial charge is 0.176 e. The molecule has 2 N–H and O–H groups in total. The number of fused-ring (bicyclic) bond motifs is 1. The van der Waals surface area contributed by atoms with Crippen molar-refractivity contribution in [1.82, 2.24) is 10.3 Å². The first-order valence-electron chi connectivity index (χ1n) is 7.32. The Kier molecular flexibility index (Phi) is 4.26. The first-order valence-corrected chi connectivity index (χ1v) is 7.32. The molecule has 1 aliphatic heterocycles. The first-order chi connectivity index (χ1) is 10.3. The second-order valence-corrected chi connectivity index (χ2v) is 5.28. The van der Waals surface area contributed by atoms with Crippen LogP contribution < -0.4 is 10.6 Å². The zero-order valence-electron chi connectivity index (χ0n) is 11.9. The van der Waals surface area contributed by atoms with Gasteiger partial charge in [0.05, 0.1) is 6.54 Å². The Balaban J connectivity index is 1.58. The zero-order chi connectivity index (χ0) is 14.5. The van der Waals surface area contributed by atoms with Gasteiger partial charge in [-0.2, -0.15) is 0 Å². The van der Waals surface area contributed by atoms with Crippen LogP contribution in [-0.2, 0) is 13.0 Å². The van der Waals surface area contributed by atoms with E-state index in [4.69, 9.17) is 0 Å². The van der Waals surface area contributed by atoms with Crippen LogP contribution in [0.4, 0.5) is 5.69 Å². The van der Waals surface area contributed by atoms with E-state index in [1.807, 2.05) is 30.3 Å². The largest absolute Gasteiger partial charge is 0.385 e. The predicted molar refractivity (Wildman–Crippen MR) is 83.5 cm³/mol. The Morgan fingerprint density at radius 3 is 2.95 bits per heavy atom. The monoisotopic (exact) mass is 281 g/mol. The van der Waals surface area contributed by atoms with Crippen LogP contribution in [0.5, 0.6) is 0 Å². The highest BCUT2D eigenvalue weighted by atomic mass is 16.1. The highest BCUT2D eigenvalue weighted by Gasteiger charge is 2.12. The Morgan fingerprint density at radius 2 is 2.10 bits per heavy atom. The van der Waals surface area contributed by atoms with Gasteiger partial charge < -0.3 is 10.6 Å². The number of pyridine rings is 1. The third kappa shape index (κ3) is 3.47. The minimum Gasteiger partial charge on any atom is -0.385 e. The van der Waals surface area contributed by atoms with E-state index >= 15 is 0 Å². The molecule has 0 spiro atoms. The van der Waals surface area contributed by atoms with E-state index in [-0.39, 0.29) is 5.78 Å². The number of benzene rings is 1. The number of aryl methyl sites for hydroxylation is 1. The molecular weight excluding hydrogens is 262 g/mol. The van der Waals surface area contributed by atoms with Gasteiger partial charge in [0.15, 0.2) is 5.78 Å². The van der Waals surface area contributed by atoms with Crippen LogP contribution >= 0.6 is 0 Å². The molecule has 0 bridgehead atoms. The standard InChI is InChI=1S/C17H19N3O/c21-17(12-19-11-13-5-8-18-9-6-13)15-3-4-16-14(10-15)2-1-7-20-16/h3-6,8-10,19-20H,1-2,7,11-12H2. The summed E-state index contributed by atoms with van der Waals surface area (Å²) in [6, 6.07) is 9.85. The summed E-state index contributed by atoms with van der Waals surface area (Å²) >= 11 is 0. The van der Waals surface area contributed by atoms with E-state index in [9.17, 15) is 4.79 Å². The van der Waals surface area contributed by atoms with Crippen molar-refractivity contribution in [3.05, 3.63) is 59.4 Å². The SMILES string of the molecule is O=C(CNCc1ccncc1)c1ccc2c(c1)CCCN2. The van der Waals surface area contributed by atoms with Crippen molar-refractivity contribution in [3.63, 3.8) is 0 Å². The molecule has 0 radical (unpaired) electrons. The van der Waals surface area contributed by atoms with Crippen molar-refractivity contribution in [3.8, 4) is 0 Å². The van der Waals surface area contributed by atoms with Gasteiger partial charge in [-0.1, -0.05) is 0 Å². The molecule has 3 rings (SSSR count). The van der Waals surface area contributed by atoms with Gasteiger partial charge in [-0.15, -0.1) is 0 Å². The van der Waals surface area contributed by atoms with Crippen LogP contribution in [0.2, 0.25) is 0 Å². The first kappa shape index (κ1) is 13.8. The number of rotatable bonds is 5. The Labute approximate surface area is 124 Å². The molecule has 1 aromatic carbocycles. The summed E-state index contributed by atoms with van der Waals surface area (Å²) < 4.78 is 0. The molecule has 2 heterocycles. The molecule has 0 atom stereocenters. The molecule has 2 aromatic rings. The van der Waals surface area contributed by atoms with Crippen molar-refractivity contribution >= 4 is 11.5 Å². The van der Waals surface area contributed by atoms with E-state index in [0.717, 1.165) is 30.5 Å². The molecule has 4 heteroatoms. The van der Waals surface area contributed by atoms with E-state index in [1.165, 1.54) is 11.3 Å². The van der Waals surface area contributed by atoms with Gasteiger partial charge in [-0.25, -0.2) is 0 Å². The number of anilines is 1. The lowest BCUT2D eigenvalue weighted by Gasteiger charge is -2.18. The van der Waals surface area contributed by atoms with Crippen LogP contribution in [0.15, 0.2) is 42.7 Å². The number of Topliss-reactive ketones (excluding diaryl/α,β-unsaturated/α-hetero) is 1. The lowest BCUT2D eigenvalue weighted by molar-refractivity contribution is 0.0990. The summed E-state index contributed by atoms with van der Waals surface area (Å²) in [6.45, 7) is 2.06. The van der Waals surface area contributed by atoms with E-state index in [2.05, 4.69) is 15.6 Å². The molecule has 0 amide bonds. The minimum absolute atomic E-state index is 0.137.